The maximum absolute atomic E-state index is 13.7. The lowest BCUT2D eigenvalue weighted by atomic mass is 9.91. The number of carboxylic acids is 1. The Balaban J connectivity index is 1.59. The van der Waals surface area contributed by atoms with Crippen molar-refractivity contribution in [1.29, 1.82) is 0 Å². The topological polar surface area (TPSA) is 95.1 Å². The van der Waals surface area contributed by atoms with E-state index in [9.17, 15) is 27.9 Å². The van der Waals surface area contributed by atoms with E-state index in [4.69, 9.17) is 0 Å². The third kappa shape index (κ3) is 5.84. The van der Waals surface area contributed by atoms with Crippen LogP contribution in [-0.4, -0.2) is 27.0 Å². The molecule has 6 nitrogen and oxygen atoms in total. The van der Waals surface area contributed by atoms with Gasteiger partial charge in [-0.15, -0.1) is 0 Å². The molecule has 5 rings (SSSR count). The van der Waals surface area contributed by atoms with Crippen molar-refractivity contribution in [1.82, 2.24) is 15.3 Å². The van der Waals surface area contributed by atoms with Crippen molar-refractivity contribution < 1.29 is 27.9 Å². The smallest absolute Gasteiger partial charge is 0.416 e. The highest BCUT2D eigenvalue weighted by atomic mass is 19.4. The Hall–Kier alpha value is -4.92. The summed E-state index contributed by atoms with van der Waals surface area (Å²) in [6.45, 7) is 1.99. The van der Waals surface area contributed by atoms with Gasteiger partial charge in [-0.3, -0.25) is 4.79 Å². The lowest BCUT2D eigenvalue weighted by Crippen LogP contribution is -2.28. The van der Waals surface area contributed by atoms with Crippen molar-refractivity contribution in [3.05, 3.63) is 113 Å². The quantitative estimate of drug-likeness (QED) is 0.181. The number of hydrogen-bond acceptors (Lipinski definition) is 3. The van der Waals surface area contributed by atoms with Gasteiger partial charge in [0.1, 0.15) is 5.82 Å². The molecule has 3 N–H and O–H groups in total. The Labute approximate surface area is 233 Å². The lowest BCUT2D eigenvalue weighted by molar-refractivity contribution is -0.137. The standard InChI is InChI=1S/C32H26F3N3O3/c1-2-8-26(19-9-4-3-5-10-19)38-30(39)20-13-15-22(25(17-20)31(40)41)24-18-21(32(33,34)35)14-16-23(24)29-36-27-11-6-7-12-28(27)37-29/h3-7,9-18,26H,2,8H2,1H3,(H,36,37)(H,38,39)(H,40,41)/t26-/m1/s1. The van der Waals surface area contributed by atoms with Crippen molar-refractivity contribution in [2.24, 2.45) is 0 Å². The van der Waals surface area contributed by atoms with Crippen LogP contribution in [0.5, 0.6) is 0 Å². The summed E-state index contributed by atoms with van der Waals surface area (Å²) in [5.41, 5.74) is 1.40. The first kappa shape index (κ1) is 27.6. The van der Waals surface area contributed by atoms with Gasteiger partial charge in [0, 0.05) is 11.1 Å². The average Bonchev–Trinajstić information content (AvgIpc) is 3.40. The molecule has 9 heteroatoms. The molecule has 0 bridgehead atoms. The number of carbonyl (C=O) groups is 2. The number of carboxylic acid groups (broad SMARTS) is 1. The summed E-state index contributed by atoms with van der Waals surface area (Å²) in [7, 11) is 0. The number of nitrogens with one attached hydrogen (secondary N) is 2. The van der Waals surface area contributed by atoms with Crippen LogP contribution in [-0.2, 0) is 6.18 Å². The normalized spacial score (nSPS) is 12.3. The van der Waals surface area contributed by atoms with Gasteiger partial charge in [0.15, 0.2) is 0 Å². The number of fused-ring (bicyclic) bond motifs is 1. The van der Waals surface area contributed by atoms with Crippen molar-refractivity contribution in [2.45, 2.75) is 32.0 Å². The Bertz CT molecular complexity index is 1700. The first-order valence-electron chi connectivity index (χ1n) is 13.1. The zero-order chi connectivity index (χ0) is 29.1. The van der Waals surface area contributed by atoms with Crippen LogP contribution in [0, 0.1) is 0 Å². The molecule has 0 saturated carbocycles. The van der Waals surface area contributed by atoms with Gasteiger partial charge in [0.25, 0.3) is 5.91 Å². The molecule has 0 unspecified atom stereocenters. The van der Waals surface area contributed by atoms with Crippen LogP contribution in [0.3, 0.4) is 0 Å². The third-order valence-corrected chi connectivity index (χ3v) is 6.88. The molecule has 0 spiro atoms. The number of aromatic carboxylic acids is 1. The molecule has 1 aromatic heterocycles. The fourth-order valence-corrected chi connectivity index (χ4v) is 4.87. The summed E-state index contributed by atoms with van der Waals surface area (Å²) in [5, 5.41) is 13.1. The zero-order valence-electron chi connectivity index (χ0n) is 22.0. The SMILES string of the molecule is CCC[C@@H](NC(=O)c1ccc(-c2cc(C(F)(F)F)ccc2-c2nc3ccccc3[nH]2)c(C(=O)O)c1)c1ccccc1. The van der Waals surface area contributed by atoms with Gasteiger partial charge in [-0.05, 0) is 59.5 Å². The highest BCUT2D eigenvalue weighted by Gasteiger charge is 2.32. The van der Waals surface area contributed by atoms with Gasteiger partial charge in [0.2, 0.25) is 0 Å². The molecule has 0 radical (unpaired) electrons. The molecule has 5 aromatic rings. The van der Waals surface area contributed by atoms with E-state index in [0.29, 0.717) is 28.8 Å². The summed E-state index contributed by atoms with van der Waals surface area (Å²) in [4.78, 5) is 33.3. The molecule has 0 fully saturated rings. The van der Waals surface area contributed by atoms with E-state index >= 15 is 0 Å². The van der Waals surface area contributed by atoms with E-state index in [1.807, 2.05) is 37.3 Å². The predicted molar refractivity (Wildman–Crippen MR) is 150 cm³/mol. The van der Waals surface area contributed by atoms with Gasteiger partial charge in [-0.1, -0.05) is 67.9 Å². The summed E-state index contributed by atoms with van der Waals surface area (Å²) in [6.07, 6.45) is -3.18. The molecule has 0 aliphatic rings. The van der Waals surface area contributed by atoms with Crippen LogP contribution in [0.2, 0.25) is 0 Å². The van der Waals surface area contributed by atoms with Gasteiger partial charge in [0.05, 0.1) is 28.2 Å². The molecular weight excluding hydrogens is 531 g/mol. The van der Waals surface area contributed by atoms with Gasteiger partial charge in [-0.25, -0.2) is 9.78 Å². The number of hydrogen-bond donors (Lipinski definition) is 3. The maximum atomic E-state index is 13.7. The molecule has 1 atom stereocenters. The number of para-hydroxylation sites is 2. The number of alkyl halides is 3. The minimum atomic E-state index is -4.66. The summed E-state index contributed by atoms with van der Waals surface area (Å²) < 4.78 is 41.2. The van der Waals surface area contributed by atoms with E-state index in [1.165, 1.54) is 24.3 Å². The minimum absolute atomic E-state index is 0.0244. The first-order valence-corrected chi connectivity index (χ1v) is 13.1. The fourth-order valence-electron chi connectivity index (χ4n) is 4.87. The second-order valence-electron chi connectivity index (χ2n) is 9.65. The Kier molecular flexibility index (Phi) is 7.61. The van der Waals surface area contributed by atoms with Crippen LogP contribution < -0.4 is 5.32 Å². The molecule has 1 amide bonds. The number of imidazole rings is 1. The number of amides is 1. The number of carbonyl (C=O) groups excluding carboxylic acids is 1. The van der Waals surface area contributed by atoms with Crippen molar-refractivity contribution >= 4 is 22.9 Å². The molecule has 0 saturated heterocycles. The number of H-pyrrole nitrogens is 1. The molecule has 41 heavy (non-hydrogen) atoms. The third-order valence-electron chi connectivity index (χ3n) is 6.88. The van der Waals surface area contributed by atoms with Gasteiger partial charge >= 0.3 is 12.1 Å². The minimum Gasteiger partial charge on any atom is -0.478 e. The van der Waals surface area contributed by atoms with E-state index in [-0.39, 0.29) is 28.3 Å². The number of benzene rings is 4. The summed E-state index contributed by atoms with van der Waals surface area (Å²) in [6, 6.07) is 23.4. The maximum Gasteiger partial charge on any atom is 0.416 e. The lowest BCUT2D eigenvalue weighted by Gasteiger charge is -2.19. The molecular formula is C32H26F3N3O3. The monoisotopic (exact) mass is 557 g/mol. The van der Waals surface area contributed by atoms with E-state index in [1.54, 1.807) is 24.3 Å². The Morgan fingerprint density at radius 1 is 0.902 bits per heavy atom. The van der Waals surface area contributed by atoms with Crippen LogP contribution in [0.1, 0.15) is 57.7 Å². The Morgan fingerprint density at radius 3 is 2.29 bits per heavy atom. The van der Waals surface area contributed by atoms with Crippen LogP contribution in [0.25, 0.3) is 33.5 Å². The highest BCUT2D eigenvalue weighted by Crippen LogP contribution is 2.39. The number of rotatable bonds is 8. The Morgan fingerprint density at radius 2 is 1.61 bits per heavy atom. The molecule has 0 aliphatic carbocycles. The molecule has 1 heterocycles. The van der Waals surface area contributed by atoms with Crippen molar-refractivity contribution in [3.63, 3.8) is 0 Å². The summed E-state index contributed by atoms with van der Waals surface area (Å²) >= 11 is 0. The van der Waals surface area contributed by atoms with E-state index in [2.05, 4.69) is 15.3 Å². The molecule has 4 aromatic carbocycles. The first-order chi connectivity index (χ1) is 19.7. The second-order valence-corrected chi connectivity index (χ2v) is 9.65. The number of aromatic amines is 1. The largest absolute Gasteiger partial charge is 0.478 e. The fraction of sp³-hybridized carbons (Fsp3) is 0.156. The van der Waals surface area contributed by atoms with E-state index < -0.39 is 23.6 Å². The average molecular weight is 558 g/mol. The van der Waals surface area contributed by atoms with Crippen molar-refractivity contribution in [2.75, 3.05) is 0 Å². The van der Waals surface area contributed by atoms with Crippen LogP contribution in [0.15, 0.2) is 91.0 Å². The highest BCUT2D eigenvalue weighted by molar-refractivity contribution is 6.03. The van der Waals surface area contributed by atoms with Gasteiger partial charge in [-0.2, -0.15) is 13.2 Å². The molecule has 0 aliphatic heterocycles. The number of aromatic nitrogens is 2. The number of nitrogens with zero attached hydrogens (tertiary/aromatic N) is 1. The van der Waals surface area contributed by atoms with Crippen LogP contribution >= 0.6 is 0 Å². The van der Waals surface area contributed by atoms with Crippen molar-refractivity contribution in [3.8, 4) is 22.5 Å². The number of halogens is 3. The molecule has 208 valence electrons. The predicted octanol–water partition coefficient (Wildman–Crippen LogP) is 7.89. The van der Waals surface area contributed by atoms with Gasteiger partial charge < -0.3 is 15.4 Å². The second kappa shape index (κ2) is 11.3. The van der Waals surface area contributed by atoms with E-state index in [0.717, 1.165) is 24.1 Å². The summed E-state index contributed by atoms with van der Waals surface area (Å²) in [5.74, 6) is -1.57. The zero-order valence-corrected chi connectivity index (χ0v) is 22.0. The van der Waals surface area contributed by atoms with Crippen LogP contribution in [0.4, 0.5) is 13.2 Å².